The summed E-state index contributed by atoms with van der Waals surface area (Å²) in [5, 5.41) is 7.82. The third-order valence-electron chi connectivity index (χ3n) is 0.362. The molecule has 0 fully saturated rings. The lowest BCUT2D eigenvalue weighted by Gasteiger charge is -1.88. The molecular formula is C7H17N2+. The fourth-order valence-corrected chi connectivity index (χ4v) is 0.112. The molecule has 0 amide bonds. The second-order valence-corrected chi connectivity index (χ2v) is 2.41. The van der Waals surface area contributed by atoms with Crippen molar-refractivity contribution in [3.8, 4) is 6.07 Å². The summed E-state index contributed by atoms with van der Waals surface area (Å²) in [5.41, 5.74) is 0. The predicted molar refractivity (Wildman–Crippen MR) is 39.3 cm³/mol. The molecule has 54 valence electrons. The van der Waals surface area contributed by atoms with Gasteiger partial charge in [0, 0.05) is 6.42 Å². The Hall–Kier alpha value is -0.550. The molecular weight excluding hydrogens is 112 g/mol. The molecule has 0 rings (SSSR count). The van der Waals surface area contributed by atoms with Crippen LogP contribution in [0.25, 0.3) is 0 Å². The highest BCUT2D eigenvalue weighted by molar-refractivity contribution is 4.65. The normalized spacial score (nSPS) is 7.56. The minimum atomic E-state index is 0.694. The van der Waals surface area contributed by atoms with E-state index < -0.39 is 0 Å². The topological polar surface area (TPSA) is 28.2 Å². The van der Waals surface area contributed by atoms with Crippen LogP contribution < -0.4 is 4.90 Å². The minimum absolute atomic E-state index is 0.694. The molecule has 0 atom stereocenters. The SMILES string of the molecule is CCCC#N.C[NH+](C)C. The van der Waals surface area contributed by atoms with Gasteiger partial charge in [0.25, 0.3) is 0 Å². The Morgan fingerprint density at radius 1 is 1.33 bits per heavy atom. The van der Waals surface area contributed by atoms with Crippen LogP contribution in [0, 0.1) is 11.3 Å². The fourth-order valence-electron chi connectivity index (χ4n) is 0.112. The zero-order valence-electron chi connectivity index (χ0n) is 6.86. The van der Waals surface area contributed by atoms with E-state index in [0.717, 1.165) is 6.42 Å². The maximum absolute atomic E-state index is 7.82. The first kappa shape index (κ1) is 11.3. The van der Waals surface area contributed by atoms with Crippen molar-refractivity contribution >= 4 is 0 Å². The zero-order valence-corrected chi connectivity index (χ0v) is 6.86. The molecule has 9 heavy (non-hydrogen) atoms. The average Bonchev–Trinajstić information content (AvgIpc) is 1.66. The first-order valence-electron chi connectivity index (χ1n) is 3.28. The molecule has 0 radical (unpaired) electrons. The molecule has 2 heteroatoms. The molecule has 1 N–H and O–H groups in total. The lowest BCUT2D eigenvalue weighted by atomic mass is 10.4. The van der Waals surface area contributed by atoms with Crippen molar-refractivity contribution in [1.29, 1.82) is 5.26 Å². The molecule has 0 bridgehead atoms. The Balaban J connectivity index is 0. The summed E-state index contributed by atoms with van der Waals surface area (Å²) in [5.74, 6) is 0. The van der Waals surface area contributed by atoms with E-state index in [-0.39, 0.29) is 0 Å². The number of hydrogen-bond acceptors (Lipinski definition) is 1. The van der Waals surface area contributed by atoms with Gasteiger partial charge in [-0.05, 0) is 6.42 Å². The number of rotatable bonds is 1. The van der Waals surface area contributed by atoms with Crippen LogP contribution in [0.15, 0.2) is 0 Å². The number of hydrogen-bond donors (Lipinski definition) is 1. The van der Waals surface area contributed by atoms with E-state index in [9.17, 15) is 0 Å². The van der Waals surface area contributed by atoms with Gasteiger partial charge in [0.1, 0.15) is 0 Å². The van der Waals surface area contributed by atoms with Crippen LogP contribution >= 0.6 is 0 Å². The minimum Gasteiger partial charge on any atom is -0.342 e. The molecule has 0 heterocycles. The summed E-state index contributed by atoms with van der Waals surface area (Å²) in [7, 11) is 6.25. The van der Waals surface area contributed by atoms with Gasteiger partial charge in [-0.2, -0.15) is 5.26 Å². The van der Waals surface area contributed by atoms with Gasteiger partial charge in [-0.3, -0.25) is 0 Å². The molecule has 0 aromatic heterocycles. The van der Waals surface area contributed by atoms with Crippen LogP contribution in [0.3, 0.4) is 0 Å². The Morgan fingerprint density at radius 2 is 1.67 bits per heavy atom. The van der Waals surface area contributed by atoms with Gasteiger partial charge in [0.05, 0.1) is 27.2 Å². The van der Waals surface area contributed by atoms with Gasteiger partial charge in [0.2, 0.25) is 0 Å². The second-order valence-electron chi connectivity index (χ2n) is 2.41. The molecule has 0 unspecified atom stereocenters. The van der Waals surface area contributed by atoms with Crippen molar-refractivity contribution < 1.29 is 4.90 Å². The van der Waals surface area contributed by atoms with Gasteiger partial charge in [-0.1, -0.05) is 6.92 Å². The molecule has 0 saturated carbocycles. The van der Waals surface area contributed by atoms with E-state index in [1.165, 1.54) is 4.90 Å². The lowest BCUT2D eigenvalue weighted by Crippen LogP contribution is -3.02. The molecule has 0 saturated heterocycles. The molecule has 0 aliphatic heterocycles. The summed E-state index contributed by atoms with van der Waals surface area (Å²) < 4.78 is 0. The van der Waals surface area contributed by atoms with Crippen molar-refractivity contribution in [3.05, 3.63) is 0 Å². The predicted octanol–water partition coefficient (Wildman–Crippen LogP) is 0.0708. The number of unbranched alkanes of at least 4 members (excludes halogenated alkanes) is 1. The smallest absolute Gasteiger partial charge is 0.0661 e. The van der Waals surface area contributed by atoms with E-state index >= 15 is 0 Å². The zero-order chi connectivity index (χ0) is 7.70. The first-order chi connectivity index (χ1) is 4.15. The molecule has 0 aliphatic rings. The number of nitrogens with one attached hydrogen (secondary N) is 1. The largest absolute Gasteiger partial charge is 0.342 e. The molecule has 0 aromatic rings. The van der Waals surface area contributed by atoms with Gasteiger partial charge >= 0.3 is 0 Å². The Kier molecular flexibility index (Phi) is 13.1. The third kappa shape index (κ3) is 105. The Bertz CT molecular complexity index is 68.7. The van der Waals surface area contributed by atoms with Crippen molar-refractivity contribution in [2.24, 2.45) is 0 Å². The van der Waals surface area contributed by atoms with Crippen molar-refractivity contribution in [3.63, 3.8) is 0 Å². The van der Waals surface area contributed by atoms with E-state index in [2.05, 4.69) is 21.1 Å². The van der Waals surface area contributed by atoms with E-state index in [4.69, 9.17) is 5.26 Å². The molecule has 0 aromatic carbocycles. The van der Waals surface area contributed by atoms with Gasteiger partial charge in [-0.15, -0.1) is 0 Å². The summed E-state index contributed by atoms with van der Waals surface area (Å²) in [4.78, 5) is 1.42. The van der Waals surface area contributed by atoms with Crippen LogP contribution in [-0.2, 0) is 0 Å². The maximum atomic E-state index is 7.82. The molecule has 0 spiro atoms. The summed E-state index contributed by atoms with van der Waals surface area (Å²) in [6, 6.07) is 2.02. The van der Waals surface area contributed by atoms with Crippen LogP contribution in [0.4, 0.5) is 0 Å². The van der Waals surface area contributed by atoms with Crippen LogP contribution in [0.2, 0.25) is 0 Å². The van der Waals surface area contributed by atoms with E-state index in [1.807, 2.05) is 13.0 Å². The van der Waals surface area contributed by atoms with Gasteiger partial charge < -0.3 is 4.90 Å². The van der Waals surface area contributed by atoms with Crippen molar-refractivity contribution in [2.75, 3.05) is 21.1 Å². The second kappa shape index (κ2) is 10.4. The summed E-state index contributed by atoms with van der Waals surface area (Å²) in [6.07, 6.45) is 1.68. The average molecular weight is 129 g/mol. The van der Waals surface area contributed by atoms with Crippen LogP contribution in [0.1, 0.15) is 19.8 Å². The summed E-state index contributed by atoms with van der Waals surface area (Å²) in [6.45, 7) is 1.99. The maximum Gasteiger partial charge on any atom is 0.0661 e. The molecule has 0 aliphatic carbocycles. The van der Waals surface area contributed by atoms with E-state index in [0.29, 0.717) is 6.42 Å². The number of nitriles is 1. The highest BCUT2D eigenvalue weighted by Gasteiger charge is 1.65. The fraction of sp³-hybridized carbons (Fsp3) is 0.857. The monoisotopic (exact) mass is 129 g/mol. The highest BCUT2D eigenvalue weighted by atomic mass is 15.0. The number of nitrogens with zero attached hydrogens (tertiary/aromatic N) is 1. The van der Waals surface area contributed by atoms with Gasteiger partial charge in [0.15, 0.2) is 0 Å². The van der Waals surface area contributed by atoms with Crippen LogP contribution in [-0.4, -0.2) is 21.1 Å². The van der Waals surface area contributed by atoms with Gasteiger partial charge in [-0.25, -0.2) is 0 Å². The lowest BCUT2D eigenvalue weighted by molar-refractivity contribution is -0.836. The quantitative estimate of drug-likeness (QED) is 0.533. The Labute approximate surface area is 58.1 Å². The number of quaternary nitrogens is 1. The molecule has 2 nitrogen and oxygen atoms in total. The van der Waals surface area contributed by atoms with Crippen molar-refractivity contribution in [1.82, 2.24) is 0 Å². The third-order valence-corrected chi connectivity index (χ3v) is 0.362. The van der Waals surface area contributed by atoms with E-state index in [1.54, 1.807) is 0 Å². The van der Waals surface area contributed by atoms with Crippen LogP contribution in [0.5, 0.6) is 0 Å². The summed E-state index contributed by atoms with van der Waals surface area (Å²) >= 11 is 0. The highest BCUT2D eigenvalue weighted by Crippen LogP contribution is 1.77. The Morgan fingerprint density at radius 3 is 1.67 bits per heavy atom. The van der Waals surface area contributed by atoms with Crippen molar-refractivity contribution in [2.45, 2.75) is 19.8 Å². The standard InChI is InChI=1S/C4H7N.C3H9N/c1-2-3-4-5;1-4(2)3/h2-3H2,1H3;1-3H3/p+1. The first-order valence-corrected chi connectivity index (χ1v) is 3.28.